The third-order valence-corrected chi connectivity index (χ3v) is 3.47. The first-order valence-corrected chi connectivity index (χ1v) is 5.18. The molecule has 14 heavy (non-hydrogen) atoms. The highest BCUT2D eigenvalue weighted by Gasteiger charge is 2.36. The highest BCUT2D eigenvalue weighted by Crippen LogP contribution is 2.31. The zero-order valence-electron chi connectivity index (χ0n) is 8.48. The molecule has 0 aliphatic heterocycles. The third-order valence-electron chi connectivity index (χ3n) is 2.26. The van der Waals surface area contributed by atoms with Gasteiger partial charge in [0.2, 0.25) is 0 Å². The number of hydrogen-bond donors (Lipinski definition) is 1. The minimum absolute atomic E-state index is 0.594. The molecule has 0 aliphatic carbocycles. The summed E-state index contributed by atoms with van der Waals surface area (Å²) in [6.07, 6.45) is -1.12. The Hall–Kier alpha value is -0.870. The van der Waals surface area contributed by atoms with Crippen molar-refractivity contribution >= 4 is 17.3 Å². The van der Waals surface area contributed by atoms with Gasteiger partial charge in [-0.25, -0.2) is 4.79 Å². The smallest absolute Gasteiger partial charge is 0.335 e. The molecule has 1 atom stereocenters. The maximum atomic E-state index is 11.2. The zero-order valence-corrected chi connectivity index (χ0v) is 9.30. The van der Waals surface area contributed by atoms with Crippen molar-refractivity contribution in [3.8, 4) is 0 Å². The van der Waals surface area contributed by atoms with Gasteiger partial charge in [0, 0.05) is 10.3 Å². The molecule has 0 aliphatic rings. The fourth-order valence-corrected chi connectivity index (χ4v) is 2.06. The lowest BCUT2D eigenvalue weighted by molar-refractivity contribution is -0.153. The molecule has 4 heteroatoms. The average molecular weight is 214 g/mol. The van der Waals surface area contributed by atoms with E-state index in [0.717, 1.165) is 4.88 Å². The predicted molar refractivity (Wildman–Crippen MR) is 55.4 cm³/mol. The van der Waals surface area contributed by atoms with Crippen molar-refractivity contribution < 1.29 is 14.6 Å². The van der Waals surface area contributed by atoms with Crippen molar-refractivity contribution in [3.05, 3.63) is 22.4 Å². The summed E-state index contributed by atoms with van der Waals surface area (Å²) < 4.78 is 4.51. The van der Waals surface area contributed by atoms with Crippen LogP contribution in [0.3, 0.4) is 0 Å². The maximum Gasteiger partial charge on any atom is 0.335 e. The number of carbonyl (C=O) groups is 1. The second-order valence-corrected chi connectivity index (χ2v) is 4.57. The molecule has 0 bridgehead atoms. The molecule has 0 fully saturated rings. The quantitative estimate of drug-likeness (QED) is 0.777. The fraction of sp³-hybridized carbons (Fsp3) is 0.500. The average Bonchev–Trinajstić information content (AvgIpc) is 2.68. The summed E-state index contributed by atoms with van der Waals surface area (Å²) >= 11 is 1.52. The van der Waals surface area contributed by atoms with Crippen LogP contribution in [0.2, 0.25) is 0 Å². The van der Waals surface area contributed by atoms with E-state index in [1.54, 1.807) is 0 Å². The van der Waals surface area contributed by atoms with Gasteiger partial charge in [0.1, 0.15) is 0 Å². The molecule has 0 spiro atoms. The second kappa shape index (κ2) is 4.11. The molecule has 0 amide bonds. The van der Waals surface area contributed by atoms with Crippen LogP contribution in [0.1, 0.15) is 18.7 Å². The molecule has 0 radical (unpaired) electrons. The van der Waals surface area contributed by atoms with E-state index in [9.17, 15) is 9.90 Å². The zero-order chi connectivity index (χ0) is 10.8. The Morgan fingerprint density at radius 2 is 2.29 bits per heavy atom. The number of aliphatic hydroxyl groups excluding tert-OH is 1. The summed E-state index contributed by atoms with van der Waals surface area (Å²) in [7, 11) is 1.27. The summed E-state index contributed by atoms with van der Waals surface area (Å²) in [6, 6.07) is 3.79. The molecule has 0 saturated heterocycles. The largest absolute Gasteiger partial charge is 0.467 e. The number of ether oxygens (including phenoxy) is 1. The van der Waals surface area contributed by atoms with Crippen molar-refractivity contribution in [1.82, 2.24) is 0 Å². The summed E-state index contributed by atoms with van der Waals surface area (Å²) in [5.74, 6) is -0.594. The molecule has 1 N–H and O–H groups in total. The molecule has 1 heterocycles. The van der Waals surface area contributed by atoms with E-state index in [0.29, 0.717) is 0 Å². The number of methoxy groups -OCH3 is 1. The summed E-state index contributed by atoms with van der Waals surface area (Å²) in [5, 5.41) is 11.7. The summed E-state index contributed by atoms with van der Waals surface area (Å²) in [5.41, 5.74) is -0.596. The van der Waals surface area contributed by atoms with Gasteiger partial charge in [0.05, 0.1) is 7.11 Å². The predicted octanol–water partition coefficient (Wildman–Crippen LogP) is 1.56. The number of carbonyl (C=O) groups excluding carboxylic acids is 1. The topological polar surface area (TPSA) is 46.5 Å². The van der Waals surface area contributed by atoms with Crippen LogP contribution in [0.25, 0.3) is 0 Å². The molecular weight excluding hydrogens is 200 g/mol. The number of thiophene rings is 1. The van der Waals surface area contributed by atoms with Crippen molar-refractivity contribution in [1.29, 1.82) is 0 Å². The normalized spacial score (nSPS) is 13.7. The lowest BCUT2D eigenvalue weighted by atomic mass is 9.85. The number of rotatable bonds is 3. The van der Waals surface area contributed by atoms with Gasteiger partial charge in [-0.2, -0.15) is 0 Å². The van der Waals surface area contributed by atoms with Crippen molar-refractivity contribution in [3.63, 3.8) is 0 Å². The van der Waals surface area contributed by atoms with Gasteiger partial charge >= 0.3 is 5.97 Å². The van der Waals surface area contributed by atoms with Gasteiger partial charge in [-0.1, -0.05) is 19.9 Å². The first kappa shape index (κ1) is 11.2. The van der Waals surface area contributed by atoms with Crippen molar-refractivity contribution in [2.24, 2.45) is 0 Å². The summed E-state index contributed by atoms with van der Waals surface area (Å²) in [4.78, 5) is 12.2. The van der Waals surface area contributed by atoms with Crippen LogP contribution in [0.4, 0.5) is 0 Å². The molecule has 1 aromatic rings. The van der Waals surface area contributed by atoms with E-state index >= 15 is 0 Å². The number of aliphatic hydroxyl groups is 1. The lowest BCUT2D eigenvalue weighted by Crippen LogP contribution is -2.40. The lowest BCUT2D eigenvalue weighted by Gasteiger charge is -2.27. The van der Waals surface area contributed by atoms with Crippen LogP contribution in [-0.4, -0.2) is 24.3 Å². The summed E-state index contributed by atoms with van der Waals surface area (Å²) in [6.45, 7) is 3.64. The van der Waals surface area contributed by atoms with Crippen LogP contribution in [-0.2, 0) is 14.9 Å². The van der Waals surface area contributed by atoms with E-state index in [4.69, 9.17) is 0 Å². The van der Waals surface area contributed by atoms with Gasteiger partial charge in [-0.3, -0.25) is 0 Å². The van der Waals surface area contributed by atoms with E-state index in [-0.39, 0.29) is 0 Å². The van der Waals surface area contributed by atoms with E-state index < -0.39 is 17.5 Å². The minimum Gasteiger partial charge on any atom is -0.467 e. The Bertz CT molecular complexity index is 303. The third kappa shape index (κ3) is 1.96. The molecule has 1 unspecified atom stereocenters. The highest BCUT2D eigenvalue weighted by atomic mass is 32.1. The Morgan fingerprint density at radius 1 is 1.64 bits per heavy atom. The fourth-order valence-electron chi connectivity index (χ4n) is 1.19. The SMILES string of the molecule is COC(=O)C(O)C(C)(C)c1cccs1. The number of hydrogen-bond acceptors (Lipinski definition) is 4. The second-order valence-electron chi connectivity index (χ2n) is 3.62. The Kier molecular flexibility index (Phi) is 3.29. The van der Waals surface area contributed by atoms with Gasteiger partial charge in [0.25, 0.3) is 0 Å². The first-order valence-electron chi connectivity index (χ1n) is 4.30. The van der Waals surface area contributed by atoms with Crippen LogP contribution in [0, 0.1) is 0 Å². The molecule has 1 rings (SSSR count). The molecule has 0 aromatic carbocycles. The number of esters is 1. The van der Waals surface area contributed by atoms with Gasteiger partial charge in [-0.15, -0.1) is 11.3 Å². The molecule has 0 saturated carbocycles. The van der Waals surface area contributed by atoms with Crippen LogP contribution in [0.5, 0.6) is 0 Å². The Morgan fingerprint density at radius 3 is 2.71 bits per heavy atom. The van der Waals surface area contributed by atoms with Crippen LogP contribution < -0.4 is 0 Å². The monoisotopic (exact) mass is 214 g/mol. The maximum absolute atomic E-state index is 11.2. The minimum atomic E-state index is -1.12. The first-order chi connectivity index (χ1) is 6.50. The van der Waals surface area contributed by atoms with Gasteiger partial charge in [0.15, 0.2) is 6.10 Å². The van der Waals surface area contributed by atoms with Crippen LogP contribution in [0.15, 0.2) is 17.5 Å². The molecule has 3 nitrogen and oxygen atoms in total. The standard InChI is InChI=1S/C10H14O3S/c1-10(2,7-5-4-6-14-7)8(11)9(12)13-3/h4-6,8,11H,1-3H3. The highest BCUT2D eigenvalue weighted by molar-refractivity contribution is 7.10. The van der Waals surface area contributed by atoms with E-state index in [2.05, 4.69) is 4.74 Å². The Labute approximate surface area is 87.3 Å². The van der Waals surface area contributed by atoms with Gasteiger partial charge < -0.3 is 9.84 Å². The molecular formula is C10H14O3S. The Balaban J connectivity index is 2.90. The van der Waals surface area contributed by atoms with E-state index in [1.165, 1.54) is 18.4 Å². The van der Waals surface area contributed by atoms with Crippen molar-refractivity contribution in [2.75, 3.05) is 7.11 Å². The van der Waals surface area contributed by atoms with E-state index in [1.807, 2.05) is 31.4 Å². The van der Waals surface area contributed by atoms with Crippen molar-refractivity contribution in [2.45, 2.75) is 25.4 Å². The van der Waals surface area contributed by atoms with Gasteiger partial charge in [-0.05, 0) is 11.4 Å². The van der Waals surface area contributed by atoms with Crippen LogP contribution >= 0.6 is 11.3 Å². The molecule has 1 aromatic heterocycles. The molecule has 78 valence electrons.